The minimum absolute atomic E-state index is 0.164. The van der Waals surface area contributed by atoms with Crippen LogP contribution in [0.3, 0.4) is 0 Å². The van der Waals surface area contributed by atoms with Gasteiger partial charge in [0.15, 0.2) is 0 Å². The third-order valence-electron chi connectivity index (χ3n) is 4.08. The summed E-state index contributed by atoms with van der Waals surface area (Å²) in [4.78, 5) is 19.8. The predicted molar refractivity (Wildman–Crippen MR) is 112 cm³/mol. The SMILES string of the molecule is Cc1nc(CSc2ccccc2C(=O)N(C)Cc2ccc(OC(F)(F)F)cc2)cs1. The van der Waals surface area contributed by atoms with Crippen LogP contribution in [0.15, 0.2) is 58.8 Å². The number of carbonyl (C=O) groups is 1. The van der Waals surface area contributed by atoms with Gasteiger partial charge in [-0.3, -0.25) is 4.79 Å². The molecule has 158 valence electrons. The molecule has 0 radical (unpaired) electrons. The molecule has 9 heteroatoms. The second-order valence-electron chi connectivity index (χ2n) is 6.50. The number of ether oxygens (including phenoxy) is 1. The molecule has 0 aliphatic carbocycles. The molecule has 0 fully saturated rings. The Bertz CT molecular complexity index is 1000. The van der Waals surface area contributed by atoms with E-state index in [1.54, 1.807) is 42.3 Å². The number of halogens is 3. The van der Waals surface area contributed by atoms with E-state index in [1.807, 2.05) is 24.4 Å². The fraction of sp³-hybridized carbons (Fsp3) is 0.238. The Morgan fingerprint density at radius 2 is 1.87 bits per heavy atom. The number of rotatable bonds is 7. The van der Waals surface area contributed by atoms with Crippen molar-refractivity contribution in [3.63, 3.8) is 0 Å². The highest BCUT2D eigenvalue weighted by Gasteiger charge is 2.31. The summed E-state index contributed by atoms with van der Waals surface area (Å²) in [6, 6.07) is 12.8. The van der Waals surface area contributed by atoms with Crippen molar-refractivity contribution < 1.29 is 22.7 Å². The van der Waals surface area contributed by atoms with Crippen molar-refractivity contribution in [3.05, 3.63) is 75.7 Å². The molecule has 2 aromatic carbocycles. The van der Waals surface area contributed by atoms with Crippen molar-refractivity contribution in [1.29, 1.82) is 0 Å². The molecule has 0 aliphatic rings. The average molecular weight is 453 g/mol. The monoisotopic (exact) mass is 452 g/mol. The Morgan fingerprint density at radius 3 is 2.50 bits per heavy atom. The van der Waals surface area contributed by atoms with Crippen LogP contribution < -0.4 is 4.74 Å². The Morgan fingerprint density at radius 1 is 1.17 bits per heavy atom. The predicted octanol–water partition coefficient (Wildman–Crippen LogP) is 5.91. The Hall–Kier alpha value is -2.52. The largest absolute Gasteiger partial charge is 0.573 e. The fourth-order valence-corrected chi connectivity index (χ4v) is 4.40. The molecule has 1 aromatic heterocycles. The molecule has 0 aliphatic heterocycles. The highest BCUT2D eigenvalue weighted by molar-refractivity contribution is 7.98. The lowest BCUT2D eigenvalue weighted by molar-refractivity contribution is -0.274. The van der Waals surface area contributed by atoms with E-state index in [0.717, 1.165) is 15.6 Å². The van der Waals surface area contributed by atoms with E-state index in [1.165, 1.54) is 29.2 Å². The Balaban J connectivity index is 1.65. The molecule has 0 N–H and O–H groups in total. The molecule has 4 nitrogen and oxygen atoms in total. The van der Waals surface area contributed by atoms with E-state index < -0.39 is 6.36 Å². The van der Waals surface area contributed by atoms with Crippen molar-refractivity contribution in [2.75, 3.05) is 7.05 Å². The summed E-state index contributed by atoms with van der Waals surface area (Å²) in [5, 5.41) is 3.01. The van der Waals surface area contributed by atoms with Gasteiger partial charge in [-0.05, 0) is 36.8 Å². The zero-order valence-corrected chi connectivity index (χ0v) is 17.9. The summed E-state index contributed by atoms with van der Waals surface area (Å²) >= 11 is 3.14. The first kappa shape index (κ1) is 22.2. The third kappa shape index (κ3) is 6.24. The first-order chi connectivity index (χ1) is 14.2. The number of benzene rings is 2. The van der Waals surface area contributed by atoms with E-state index in [-0.39, 0.29) is 18.2 Å². The van der Waals surface area contributed by atoms with Gasteiger partial charge in [-0.15, -0.1) is 36.3 Å². The summed E-state index contributed by atoms with van der Waals surface area (Å²) < 4.78 is 40.7. The van der Waals surface area contributed by atoms with Crippen LogP contribution in [0.5, 0.6) is 5.75 Å². The zero-order valence-electron chi connectivity index (χ0n) is 16.3. The van der Waals surface area contributed by atoms with Crippen LogP contribution in [-0.2, 0) is 12.3 Å². The molecule has 1 heterocycles. The van der Waals surface area contributed by atoms with Crippen molar-refractivity contribution in [1.82, 2.24) is 9.88 Å². The van der Waals surface area contributed by atoms with Gasteiger partial charge in [-0.25, -0.2) is 4.98 Å². The maximum Gasteiger partial charge on any atom is 0.573 e. The number of aromatic nitrogens is 1. The van der Waals surface area contributed by atoms with Gasteiger partial charge < -0.3 is 9.64 Å². The van der Waals surface area contributed by atoms with Gasteiger partial charge in [0.25, 0.3) is 5.91 Å². The average Bonchev–Trinajstić information content (AvgIpc) is 3.11. The Labute approximate surface area is 180 Å². The van der Waals surface area contributed by atoms with Crippen LogP contribution in [0.1, 0.15) is 26.6 Å². The van der Waals surface area contributed by atoms with Crippen LogP contribution in [0.4, 0.5) is 13.2 Å². The number of carbonyl (C=O) groups excluding carboxylic acids is 1. The summed E-state index contributed by atoms with van der Waals surface area (Å²) in [5.41, 5.74) is 2.25. The summed E-state index contributed by atoms with van der Waals surface area (Å²) in [6.07, 6.45) is -4.73. The molecule has 0 spiro atoms. The van der Waals surface area contributed by atoms with E-state index in [4.69, 9.17) is 0 Å². The van der Waals surface area contributed by atoms with Gasteiger partial charge in [-0.1, -0.05) is 24.3 Å². The standard InChI is InChI=1S/C21H19F3N2O2S2/c1-14-25-16(12-29-14)13-30-19-6-4-3-5-18(19)20(27)26(2)11-15-7-9-17(10-8-15)28-21(22,23)24/h3-10,12H,11,13H2,1-2H3. The van der Waals surface area contributed by atoms with Crippen LogP contribution in [0.25, 0.3) is 0 Å². The minimum Gasteiger partial charge on any atom is -0.406 e. The van der Waals surface area contributed by atoms with Crippen molar-refractivity contribution in [3.8, 4) is 5.75 Å². The highest BCUT2D eigenvalue weighted by atomic mass is 32.2. The van der Waals surface area contributed by atoms with Gasteiger partial charge in [0.1, 0.15) is 5.75 Å². The molecule has 0 bridgehead atoms. The second-order valence-corrected chi connectivity index (χ2v) is 8.58. The molecule has 0 saturated heterocycles. The van der Waals surface area contributed by atoms with Gasteiger partial charge in [0.05, 0.1) is 16.3 Å². The smallest absolute Gasteiger partial charge is 0.406 e. The Kier molecular flexibility index (Phi) is 7.04. The van der Waals surface area contributed by atoms with Crippen LogP contribution >= 0.6 is 23.1 Å². The number of amides is 1. The normalized spacial score (nSPS) is 11.4. The lowest BCUT2D eigenvalue weighted by Gasteiger charge is -2.19. The fourth-order valence-electron chi connectivity index (χ4n) is 2.74. The van der Waals surface area contributed by atoms with Crippen molar-refractivity contribution in [2.45, 2.75) is 30.5 Å². The summed E-state index contributed by atoms with van der Waals surface area (Å²) in [6.45, 7) is 2.21. The van der Waals surface area contributed by atoms with Gasteiger partial charge >= 0.3 is 6.36 Å². The van der Waals surface area contributed by atoms with E-state index in [2.05, 4.69) is 9.72 Å². The van der Waals surface area contributed by atoms with Gasteiger partial charge in [0, 0.05) is 29.6 Å². The number of alkyl halides is 3. The van der Waals surface area contributed by atoms with Gasteiger partial charge in [-0.2, -0.15) is 0 Å². The molecule has 0 atom stereocenters. The van der Waals surface area contributed by atoms with Crippen LogP contribution in [-0.4, -0.2) is 29.2 Å². The van der Waals surface area contributed by atoms with E-state index in [9.17, 15) is 18.0 Å². The maximum atomic E-state index is 13.0. The lowest BCUT2D eigenvalue weighted by atomic mass is 10.1. The number of hydrogen-bond acceptors (Lipinski definition) is 5. The topological polar surface area (TPSA) is 42.4 Å². The van der Waals surface area contributed by atoms with E-state index >= 15 is 0 Å². The molecule has 30 heavy (non-hydrogen) atoms. The third-order valence-corrected chi connectivity index (χ3v) is 6.01. The number of aryl methyl sites for hydroxylation is 1. The molecular formula is C21H19F3N2O2S2. The van der Waals surface area contributed by atoms with Crippen LogP contribution in [0.2, 0.25) is 0 Å². The number of thioether (sulfide) groups is 1. The number of hydrogen-bond donors (Lipinski definition) is 0. The van der Waals surface area contributed by atoms with Gasteiger partial charge in [0.2, 0.25) is 0 Å². The molecule has 3 rings (SSSR count). The summed E-state index contributed by atoms with van der Waals surface area (Å²) in [7, 11) is 1.66. The minimum atomic E-state index is -4.73. The molecule has 1 amide bonds. The molecule has 3 aromatic rings. The highest BCUT2D eigenvalue weighted by Crippen LogP contribution is 2.28. The maximum absolute atomic E-state index is 13.0. The zero-order chi connectivity index (χ0) is 21.7. The number of thiazole rings is 1. The van der Waals surface area contributed by atoms with Crippen LogP contribution in [0, 0.1) is 6.92 Å². The lowest BCUT2D eigenvalue weighted by Crippen LogP contribution is -2.26. The first-order valence-corrected chi connectivity index (χ1v) is 10.8. The summed E-state index contributed by atoms with van der Waals surface area (Å²) in [5.74, 6) is 0.210. The van der Waals surface area contributed by atoms with Crippen molar-refractivity contribution in [2.24, 2.45) is 0 Å². The molecule has 0 unspecified atom stereocenters. The first-order valence-electron chi connectivity index (χ1n) is 8.94. The number of nitrogens with zero attached hydrogens (tertiary/aromatic N) is 2. The van der Waals surface area contributed by atoms with E-state index in [0.29, 0.717) is 16.9 Å². The molecular weight excluding hydrogens is 433 g/mol. The quantitative estimate of drug-likeness (QED) is 0.418. The second kappa shape index (κ2) is 9.53. The molecule has 0 saturated carbocycles. The van der Waals surface area contributed by atoms with Crippen molar-refractivity contribution >= 4 is 29.0 Å².